The Bertz CT molecular complexity index is 714. The van der Waals surface area contributed by atoms with Crippen LogP contribution in [0.2, 0.25) is 0 Å². The Morgan fingerprint density at radius 1 is 1.35 bits per heavy atom. The first-order valence-corrected chi connectivity index (χ1v) is 6.12. The number of halogens is 1. The van der Waals surface area contributed by atoms with Crippen molar-refractivity contribution in [2.45, 2.75) is 12.8 Å². The summed E-state index contributed by atoms with van der Waals surface area (Å²) in [6.45, 7) is 1.83. The lowest BCUT2D eigenvalue weighted by Crippen LogP contribution is -2.33. The third-order valence-electron chi connectivity index (χ3n) is 3.53. The molecule has 0 aliphatic carbocycles. The van der Waals surface area contributed by atoms with Gasteiger partial charge in [0.15, 0.2) is 5.82 Å². The van der Waals surface area contributed by atoms with Gasteiger partial charge in [-0.3, -0.25) is 9.89 Å². The van der Waals surface area contributed by atoms with Gasteiger partial charge in [0.05, 0.1) is 6.07 Å². The summed E-state index contributed by atoms with van der Waals surface area (Å²) in [7, 11) is 0. The molecule has 20 heavy (non-hydrogen) atoms. The van der Waals surface area contributed by atoms with Crippen LogP contribution in [0, 0.1) is 30.0 Å². The maximum Gasteiger partial charge on any atom is 0.243 e. The van der Waals surface area contributed by atoms with Crippen LogP contribution in [-0.2, 0) is 4.79 Å². The lowest BCUT2D eigenvalue weighted by Gasteiger charge is -2.27. The smallest absolute Gasteiger partial charge is 0.243 e. The fraction of sp³-hybridized carbons (Fsp3) is 0.214. The number of amides is 1. The molecule has 0 bridgehead atoms. The van der Waals surface area contributed by atoms with E-state index in [1.807, 2.05) is 13.0 Å². The Morgan fingerprint density at radius 3 is 2.70 bits per heavy atom. The number of nitrogens with one attached hydrogen (secondary N) is 2. The highest BCUT2D eigenvalue weighted by Crippen LogP contribution is 2.41. The van der Waals surface area contributed by atoms with Crippen LogP contribution in [0.4, 0.5) is 10.2 Å². The lowest BCUT2D eigenvalue weighted by atomic mass is 9.78. The van der Waals surface area contributed by atoms with Crippen LogP contribution >= 0.6 is 0 Å². The van der Waals surface area contributed by atoms with Crippen molar-refractivity contribution in [1.29, 1.82) is 5.26 Å². The second kappa shape index (κ2) is 4.46. The molecule has 5 nitrogen and oxygen atoms in total. The van der Waals surface area contributed by atoms with E-state index in [2.05, 4.69) is 15.5 Å². The first kappa shape index (κ1) is 12.4. The van der Waals surface area contributed by atoms with Crippen molar-refractivity contribution < 1.29 is 9.18 Å². The van der Waals surface area contributed by atoms with Gasteiger partial charge in [0.2, 0.25) is 5.91 Å². The summed E-state index contributed by atoms with van der Waals surface area (Å²) < 4.78 is 13.1. The first-order chi connectivity index (χ1) is 9.61. The van der Waals surface area contributed by atoms with E-state index >= 15 is 0 Å². The summed E-state index contributed by atoms with van der Waals surface area (Å²) in [5.74, 6) is -1.60. The molecule has 2 atom stereocenters. The molecule has 0 unspecified atom stereocenters. The van der Waals surface area contributed by atoms with E-state index in [0.717, 1.165) is 16.8 Å². The predicted octanol–water partition coefficient (Wildman–Crippen LogP) is 2.08. The van der Waals surface area contributed by atoms with Gasteiger partial charge in [-0.1, -0.05) is 12.1 Å². The summed E-state index contributed by atoms with van der Waals surface area (Å²) in [6, 6.07) is 7.87. The number of H-pyrrole nitrogens is 1. The molecule has 1 aromatic carbocycles. The first-order valence-electron chi connectivity index (χ1n) is 6.12. The standard InChI is InChI=1S/C14H11FN4O/c1-7-11-12(8-2-4-9(15)5-3-8)10(6-16)14(20)17-13(11)19-18-7/h2-5,10,12H,1H3,(H2,17,18,19,20)/t10-,12-/m0/s1. The number of anilines is 1. The molecular formula is C14H11FN4O. The van der Waals surface area contributed by atoms with Crippen LogP contribution < -0.4 is 5.32 Å². The minimum atomic E-state index is -0.857. The Balaban J connectivity index is 2.19. The van der Waals surface area contributed by atoms with E-state index in [-0.39, 0.29) is 11.7 Å². The van der Waals surface area contributed by atoms with E-state index in [9.17, 15) is 14.4 Å². The SMILES string of the molecule is Cc1[nH]nc2c1[C@@H](c1ccc(F)cc1)[C@H](C#N)C(=O)N2. The maximum absolute atomic E-state index is 13.1. The van der Waals surface area contributed by atoms with E-state index in [1.165, 1.54) is 12.1 Å². The van der Waals surface area contributed by atoms with Gasteiger partial charge >= 0.3 is 0 Å². The molecule has 0 fully saturated rings. The topological polar surface area (TPSA) is 81.6 Å². The molecule has 0 saturated heterocycles. The number of aromatic amines is 1. The summed E-state index contributed by atoms with van der Waals surface area (Å²) in [6.07, 6.45) is 0. The van der Waals surface area contributed by atoms with Crippen molar-refractivity contribution in [3.8, 4) is 6.07 Å². The molecule has 1 amide bonds. The van der Waals surface area contributed by atoms with Crippen LogP contribution in [0.25, 0.3) is 0 Å². The number of nitriles is 1. The molecule has 6 heteroatoms. The van der Waals surface area contributed by atoms with Gasteiger partial charge in [-0.25, -0.2) is 4.39 Å². The van der Waals surface area contributed by atoms with Crippen LogP contribution in [-0.4, -0.2) is 16.1 Å². The Kier molecular flexibility index (Phi) is 2.75. The van der Waals surface area contributed by atoms with Crippen LogP contribution in [0.5, 0.6) is 0 Å². The van der Waals surface area contributed by atoms with E-state index < -0.39 is 11.8 Å². The number of nitrogens with zero attached hydrogens (tertiary/aromatic N) is 2. The largest absolute Gasteiger partial charge is 0.308 e. The predicted molar refractivity (Wildman–Crippen MR) is 69.3 cm³/mol. The molecule has 3 rings (SSSR count). The molecule has 1 aliphatic heterocycles. The van der Waals surface area contributed by atoms with Crippen molar-refractivity contribution in [2.75, 3.05) is 5.32 Å². The number of hydrogen-bond donors (Lipinski definition) is 2. The maximum atomic E-state index is 13.1. The molecule has 1 aliphatic rings. The number of carbonyl (C=O) groups excluding carboxylic acids is 1. The Labute approximate surface area is 114 Å². The normalized spacial score (nSPS) is 20.9. The van der Waals surface area contributed by atoms with Gasteiger partial charge in [0.25, 0.3) is 0 Å². The monoisotopic (exact) mass is 270 g/mol. The number of benzene rings is 1. The third-order valence-corrected chi connectivity index (χ3v) is 3.53. The van der Waals surface area contributed by atoms with Crippen molar-refractivity contribution in [3.63, 3.8) is 0 Å². The van der Waals surface area contributed by atoms with Crippen molar-refractivity contribution in [1.82, 2.24) is 10.2 Å². The number of aromatic nitrogens is 2. The fourth-order valence-corrected chi connectivity index (χ4v) is 2.59. The van der Waals surface area contributed by atoms with Crippen LogP contribution in [0.3, 0.4) is 0 Å². The van der Waals surface area contributed by atoms with E-state index in [1.54, 1.807) is 12.1 Å². The highest BCUT2D eigenvalue weighted by atomic mass is 19.1. The summed E-state index contributed by atoms with van der Waals surface area (Å²) >= 11 is 0. The molecule has 100 valence electrons. The van der Waals surface area contributed by atoms with Crippen LogP contribution in [0.1, 0.15) is 22.7 Å². The molecule has 2 N–H and O–H groups in total. The second-order valence-corrected chi connectivity index (χ2v) is 4.74. The third kappa shape index (κ3) is 1.75. The van der Waals surface area contributed by atoms with Crippen molar-refractivity contribution in [2.24, 2.45) is 5.92 Å². The van der Waals surface area contributed by atoms with Gasteiger partial charge < -0.3 is 5.32 Å². The quantitative estimate of drug-likeness (QED) is 0.832. The zero-order chi connectivity index (χ0) is 14.3. The number of fused-ring (bicyclic) bond motifs is 1. The molecule has 1 aromatic heterocycles. The molecule has 0 saturated carbocycles. The lowest BCUT2D eigenvalue weighted by molar-refractivity contribution is -0.119. The van der Waals surface area contributed by atoms with Gasteiger partial charge in [-0.15, -0.1) is 0 Å². The summed E-state index contributed by atoms with van der Waals surface area (Å²) in [5.41, 5.74) is 2.29. The van der Waals surface area contributed by atoms with Gasteiger partial charge in [0.1, 0.15) is 11.7 Å². The minimum Gasteiger partial charge on any atom is -0.308 e. The summed E-state index contributed by atoms with van der Waals surface area (Å²) in [5, 5.41) is 18.7. The molecule has 0 radical (unpaired) electrons. The van der Waals surface area contributed by atoms with Crippen molar-refractivity contribution in [3.05, 3.63) is 46.9 Å². The molecule has 2 aromatic rings. The number of aryl methyl sites for hydroxylation is 1. The molecular weight excluding hydrogens is 259 g/mol. The number of carbonyl (C=O) groups is 1. The average Bonchev–Trinajstić information content (AvgIpc) is 2.79. The zero-order valence-corrected chi connectivity index (χ0v) is 10.6. The van der Waals surface area contributed by atoms with E-state index in [0.29, 0.717) is 5.82 Å². The minimum absolute atomic E-state index is 0.355. The van der Waals surface area contributed by atoms with Gasteiger partial charge in [-0.2, -0.15) is 10.4 Å². The highest BCUT2D eigenvalue weighted by Gasteiger charge is 2.39. The van der Waals surface area contributed by atoms with Crippen LogP contribution in [0.15, 0.2) is 24.3 Å². The van der Waals surface area contributed by atoms with Gasteiger partial charge in [0, 0.05) is 17.2 Å². The number of rotatable bonds is 1. The zero-order valence-electron chi connectivity index (χ0n) is 10.6. The molecule has 2 heterocycles. The fourth-order valence-electron chi connectivity index (χ4n) is 2.59. The average molecular weight is 270 g/mol. The number of hydrogen-bond acceptors (Lipinski definition) is 3. The van der Waals surface area contributed by atoms with Crippen molar-refractivity contribution >= 4 is 11.7 Å². The van der Waals surface area contributed by atoms with Gasteiger partial charge in [-0.05, 0) is 24.6 Å². The Morgan fingerprint density at radius 2 is 2.05 bits per heavy atom. The second-order valence-electron chi connectivity index (χ2n) is 4.74. The highest BCUT2D eigenvalue weighted by molar-refractivity contribution is 5.98. The Hall–Kier alpha value is -2.68. The van der Waals surface area contributed by atoms with E-state index in [4.69, 9.17) is 0 Å². The molecule has 0 spiro atoms. The summed E-state index contributed by atoms with van der Waals surface area (Å²) in [4.78, 5) is 12.0.